The summed E-state index contributed by atoms with van der Waals surface area (Å²) >= 11 is 6.00. The highest BCUT2D eigenvalue weighted by molar-refractivity contribution is 6.29. The Balaban J connectivity index is 2.27. The quantitative estimate of drug-likeness (QED) is 0.795. The van der Waals surface area contributed by atoms with Crippen molar-refractivity contribution in [3.05, 3.63) is 41.3 Å². The van der Waals surface area contributed by atoms with Gasteiger partial charge in [-0.05, 0) is 12.1 Å². The predicted octanol–water partition coefficient (Wildman–Crippen LogP) is 4.11. The number of ether oxygens (including phenoxy) is 1. The molecule has 0 radical (unpaired) electrons. The van der Waals surface area contributed by atoms with Crippen molar-refractivity contribution in [1.82, 2.24) is 9.97 Å². The third-order valence-corrected chi connectivity index (χ3v) is 2.96. The Morgan fingerprint density at radius 1 is 1.15 bits per heavy atom. The molecule has 0 spiro atoms. The van der Waals surface area contributed by atoms with Gasteiger partial charge in [-0.15, -0.1) is 0 Å². The van der Waals surface area contributed by atoms with Crippen LogP contribution in [0.3, 0.4) is 0 Å². The van der Waals surface area contributed by atoms with Gasteiger partial charge in [0.25, 0.3) is 0 Å². The van der Waals surface area contributed by atoms with Gasteiger partial charge in [-0.1, -0.05) is 31.5 Å². The number of hydrogen-bond acceptors (Lipinski definition) is 4. The van der Waals surface area contributed by atoms with E-state index in [4.69, 9.17) is 16.3 Å². The highest BCUT2D eigenvalue weighted by Gasteiger charge is 2.09. The lowest BCUT2D eigenvalue weighted by Gasteiger charge is -2.14. The molecule has 5 heteroatoms. The van der Waals surface area contributed by atoms with Crippen LogP contribution in [-0.4, -0.2) is 24.1 Å². The van der Waals surface area contributed by atoms with Crippen LogP contribution in [0.4, 0.5) is 5.69 Å². The number of benzene rings is 1. The number of rotatable bonds is 4. The van der Waals surface area contributed by atoms with Crippen LogP contribution in [0.15, 0.2) is 30.3 Å². The first kappa shape index (κ1) is 14.6. The third-order valence-electron chi connectivity index (χ3n) is 2.76. The lowest BCUT2D eigenvalue weighted by atomic mass is 10.2. The molecule has 0 atom stereocenters. The Bertz CT molecular complexity index is 599. The van der Waals surface area contributed by atoms with E-state index in [1.54, 1.807) is 6.07 Å². The smallest absolute Gasteiger partial charge is 0.224 e. The van der Waals surface area contributed by atoms with E-state index < -0.39 is 0 Å². The van der Waals surface area contributed by atoms with Crippen LogP contribution < -0.4 is 9.64 Å². The molecule has 0 N–H and O–H groups in total. The second-order valence-electron chi connectivity index (χ2n) is 5.04. The SMILES string of the molecule is CC(C)c1nc(Cl)cc(Oc2cccc(N(C)C)c2)n1. The second kappa shape index (κ2) is 6.09. The molecule has 20 heavy (non-hydrogen) atoms. The van der Waals surface area contributed by atoms with E-state index in [1.807, 2.05) is 57.1 Å². The molecule has 0 fully saturated rings. The van der Waals surface area contributed by atoms with E-state index in [-0.39, 0.29) is 5.92 Å². The molecule has 0 aliphatic rings. The molecule has 2 rings (SSSR count). The zero-order chi connectivity index (χ0) is 14.7. The minimum Gasteiger partial charge on any atom is -0.439 e. The van der Waals surface area contributed by atoms with E-state index in [1.165, 1.54) is 0 Å². The van der Waals surface area contributed by atoms with Gasteiger partial charge in [0.1, 0.15) is 16.7 Å². The summed E-state index contributed by atoms with van der Waals surface area (Å²) in [6.07, 6.45) is 0. The highest BCUT2D eigenvalue weighted by Crippen LogP contribution is 2.26. The monoisotopic (exact) mass is 291 g/mol. The van der Waals surface area contributed by atoms with Crippen molar-refractivity contribution < 1.29 is 4.74 Å². The molecule has 1 heterocycles. The normalized spacial score (nSPS) is 10.7. The topological polar surface area (TPSA) is 38.2 Å². The molecule has 0 amide bonds. The first-order chi connectivity index (χ1) is 9.45. The summed E-state index contributed by atoms with van der Waals surface area (Å²) in [6, 6.07) is 9.41. The summed E-state index contributed by atoms with van der Waals surface area (Å²) < 4.78 is 5.78. The Hall–Kier alpha value is -1.81. The van der Waals surface area contributed by atoms with Gasteiger partial charge < -0.3 is 9.64 Å². The average molecular weight is 292 g/mol. The molecule has 0 aliphatic carbocycles. The summed E-state index contributed by atoms with van der Waals surface area (Å²) in [5, 5.41) is 0.391. The molecule has 4 nitrogen and oxygen atoms in total. The number of halogens is 1. The van der Waals surface area contributed by atoms with Crippen molar-refractivity contribution in [3.8, 4) is 11.6 Å². The fraction of sp³-hybridized carbons (Fsp3) is 0.333. The number of anilines is 1. The number of hydrogen-bond donors (Lipinski definition) is 0. The molecule has 0 aliphatic heterocycles. The van der Waals surface area contributed by atoms with Crippen molar-refractivity contribution in [3.63, 3.8) is 0 Å². The largest absolute Gasteiger partial charge is 0.439 e. The van der Waals surface area contributed by atoms with E-state index in [0.29, 0.717) is 16.9 Å². The molecular formula is C15H18ClN3O. The van der Waals surface area contributed by atoms with Gasteiger partial charge in [-0.2, -0.15) is 4.98 Å². The summed E-state index contributed by atoms with van der Waals surface area (Å²) in [5.41, 5.74) is 1.06. The molecule has 1 aromatic carbocycles. The molecule has 0 saturated heterocycles. The minimum atomic E-state index is 0.198. The Morgan fingerprint density at radius 2 is 1.90 bits per heavy atom. The third kappa shape index (κ3) is 3.61. The van der Waals surface area contributed by atoms with Crippen molar-refractivity contribution in [2.75, 3.05) is 19.0 Å². The van der Waals surface area contributed by atoms with Crippen LogP contribution in [0.5, 0.6) is 11.6 Å². The van der Waals surface area contributed by atoms with Gasteiger partial charge in [0.15, 0.2) is 0 Å². The van der Waals surface area contributed by atoms with Crippen molar-refractivity contribution in [1.29, 1.82) is 0 Å². The zero-order valence-electron chi connectivity index (χ0n) is 12.1. The van der Waals surface area contributed by atoms with E-state index >= 15 is 0 Å². The van der Waals surface area contributed by atoms with Gasteiger partial charge in [0, 0.05) is 37.8 Å². The lowest BCUT2D eigenvalue weighted by molar-refractivity contribution is 0.457. The molecule has 0 bridgehead atoms. The molecular weight excluding hydrogens is 274 g/mol. The predicted molar refractivity (Wildman–Crippen MR) is 82.0 cm³/mol. The Kier molecular flexibility index (Phi) is 4.45. The maximum Gasteiger partial charge on any atom is 0.224 e. The maximum atomic E-state index is 6.00. The standard InChI is InChI=1S/C15H18ClN3O/c1-10(2)15-17-13(16)9-14(18-15)20-12-7-5-6-11(8-12)19(3)4/h5-10H,1-4H3. The summed E-state index contributed by atoms with van der Waals surface area (Å²) in [6.45, 7) is 4.03. The van der Waals surface area contributed by atoms with E-state index in [0.717, 1.165) is 11.4 Å². The molecule has 0 unspecified atom stereocenters. The van der Waals surface area contributed by atoms with Crippen molar-refractivity contribution >= 4 is 17.3 Å². The van der Waals surface area contributed by atoms with Gasteiger partial charge >= 0.3 is 0 Å². The average Bonchev–Trinajstić information content (AvgIpc) is 2.38. The second-order valence-corrected chi connectivity index (χ2v) is 5.42. The van der Waals surface area contributed by atoms with Crippen molar-refractivity contribution in [2.24, 2.45) is 0 Å². The number of aromatic nitrogens is 2. The van der Waals surface area contributed by atoms with E-state index in [2.05, 4.69) is 9.97 Å². The van der Waals surface area contributed by atoms with Gasteiger partial charge in [0.05, 0.1) is 0 Å². The fourth-order valence-corrected chi connectivity index (χ4v) is 1.85. The summed E-state index contributed by atoms with van der Waals surface area (Å²) in [4.78, 5) is 10.6. The van der Waals surface area contributed by atoms with Crippen molar-refractivity contribution in [2.45, 2.75) is 19.8 Å². The molecule has 1 aromatic heterocycles. The zero-order valence-corrected chi connectivity index (χ0v) is 12.8. The van der Waals surface area contributed by atoms with Crippen LogP contribution in [0.2, 0.25) is 5.15 Å². The fourth-order valence-electron chi connectivity index (χ4n) is 1.67. The maximum absolute atomic E-state index is 6.00. The first-order valence-corrected chi connectivity index (χ1v) is 6.83. The van der Waals surface area contributed by atoms with Crippen LogP contribution in [0, 0.1) is 0 Å². The van der Waals surface area contributed by atoms with Crippen LogP contribution in [-0.2, 0) is 0 Å². The van der Waals surface area contributed by atoms with E-state index in [9.17, 15) is 0 Å². The first-order valence-electron chi connectivity index (χ1n) is 6.45. The number of nitrogens with zero attached hydrogens (tertiary/aromatic N) is 3. The van der Waals surface area contributed by atoms with Gasteiger partial charge in [-0.3, -0.25) is 0 Å². The van der Waals surface area contributed by atoms with Crippen LogP contribution in [0.25, 0.3) is 0 Å². The minimum absolute atomic E-state index is 0.198. The molecule has 106 valence electrons. The Labute approximate surface area is 124 Å². The van der Waals surface area contributed by atoms with Crippen LogP contribution >= 0.6 is 11.6 Å². The van der Waals surface area contributed by atoms with Crippen LogP contribution in [0.1, 0.15) is 25.6 Å². The Morgan fingerprint density at radius 3 is 2.55 bits per heavy atom. The van der Waals surface area contributed by atoms with Gasteiger partial charge in [0.2, 0.25) is 5.88 Å². The lowest BCUT2D eigenvalue weighted by Crippen LogP contribution is -2.08. The summed E-state index contributed by atoms with van der Waals surface area (Å²) in [7, 11) is 3.97. The highest BCUT2D eigenvalue weighted by atomic mass is 35.5. The molecule has 0 saturated carbocycles. The van der Waals surface area contributed by atoms with Gasteiger partial charge in [-0.25, -0.2) is 4.98 Å². The summed E-state index contributed by atoms with van der Waals surface area (Å²) in [5.74, 6) is 2.06. The molecule has 2 aromatic rings.